The van der Waals surface area contributed by atoms with Crippen LogP contribution in [-0.2, 0) is 16.0 Å². The van der Waals surface area contributed by atoms with Crippen LogP contribution in [-0.4, -0.2) is 19.0 Å². The Bertz CT molecular complexity index is 718. The number of carbonyl (C=O) groups is 2. The minimum absolute atomic E-state index is 0.122. The smallest absolute Gasteiger partial charge is 0.340 e. The Kier molecular flexibility index (Phi) is 5.27. The summed E-state index contributed by atoms with van der Waals surface area (Å²) in [5.41, 5.74) is 0.826. The highest BCUT2D eigenvalue weighted by Crippen LogP contribution is 2.22. The van der Waals surface area contributed by atoms with Crippen molar-refractivity contribution in [1.82, 2.24) is 0 Å². The lowest BCUT2D eigenvalue weighted by molar-refractivity contribution is -0.115. The summed E-state index contributed by atoms with van der Waals surface area (Å²) in [6.45, 7) is 0. The molecular formula is C16H13BrFNO3. The lowest BCUT2D eigenvalue weighted by Crippen LogP contribution is -2.17. The number of methoxy groups -OCH3 is 1. The molecule has 0 heterocycles. The average molecular weight is 366 g/mol. The van der Waals surface area contributed by atoms with Crippen LogP contribution in [0, 0.1) is 5.82 Å². The fraction of sp³-hybridized carbons (Fsp3) is 0.125. The Morgan fingerprint density at radius 2 is 1.95 bits per heavy atom. The van der Waals surface area contributed by atoms with E-state index in [0.717, 1.165) is 0 Å². The number of hydrogen-bond acceptors (Lipinski definition) is 3. The van der Waals surface area contributed by atoms with Crippen molar-refractivity contribution in [2.75, 3.05) is 12.4 Å². The van der Waals surface area contributed by atoms with Gasteiger partial charge in [-0.1, -0.05) is 34.1 Å². The summed E-state index contributed by atoms with van der Waals surface area (Å²) in [5, 5.41) is 2.60. The lowest BCUT2D eigenvalue weighted by Gasteiger charge is -2.10. The quantitative estimate of drug-likeness (QED) is 0.842. The molecule has 0 aliphatic heterocycles. The molecule has 0 aliphatic carbocycles. The summed E-state index contributed by atoms with van der Waals surface area (Å²) in [6, 6.07) is 10.9. The van der Waals surface area contributed by atoms with Crippen LogP contribution in [0.4, 0.5) is 10.1 Å². The van der Waals surface area contributed by atoms with Crippen molar-refractivity contribution in [3.63, 3.8) is 0 Å². The van der Waals surface area contributed by atoms with Gasteiger partial charge >= 0.3 is 5.97 Å². The van der Waals surface area contributed by atoms with E-state index in [1.54, 1.807) is 30.3 Å². The van der Waals surface area contributed by atoms with Gasteiger partial charge in [0.15, 0.2) is 0 Å². The number of nitrogens with one attached hydrogen (secondary N) is 1. The molecule has 0 radical (unpaired) electrons. The molecule has 2 aromatic carbocycles. The predicted molar refractivity (Wildman–Crippen MR) is 84.2 cm³/mol. The van der Waals surface area contributed by atoms with Crippen molar-refractivity contribution in [2.24, 2.45) is 0 Å². The average Bonchev–Trinajstić information content (AvgIpc) is 2.50. The molecule has 1 N–H and O–H groups in total. The first kappa shape index (κ1) is 16.2. The summed E-state index contributed by atoms with van der Waals surface area (Å²) >= 11 is 3.25. The van der Waals surface area contributed by atoms with Gasteiger partial charge in [-0.25, -0.2) is 9.18 Å². The molecule has 2 aromatic rings. The molecule has 1 amide bonds. The second-order valence-corrected chi connectivity index (χ2v) is 5.41. The van der Waals surface area contributed by atoms with Crippen LogP contribution in [0.5, 0.6) is 0 Å². The zero-order chi connectivity index (χ0) is 16.1. The number of anilines is 1. The molecule has 22 heavy (non-hydrogen) atoms. The van der Waals surface area contributed by atoms with E-state index in [1.165, 1.54) is 19.2 Å². The van der Waals surface area contributed by atoms with E-state index in [1.807, 2.05) is 0 Å². The number of carbonyl (C=O) groups excluding carboxylic acids is 2. The molecule has 114 valence electrons. The minimum Gasteiger partial charge on any atom is -0.465 e. The van der Waals surface area contributed by atoms with Gasteiger partial charge in [0.2, 0.25) is 5.91 Å². The molecule has 6 heteroatoms. The molecule has 2 rings (SSSR count). The van der Waals surface area contributed by atoms with E-state index in [9.17, 15) is 14.0 Å². The summed E-state index contributed by atoms with van der Waals surface area (Å²) in [6.07, 6.45) is -0.122. The van der Waals surface area contributed by atoms with Crippen LogP contribution in [0.3, 0.4) is 0 Å². The summed E-state index contributed by atoms with van der Waals surface area (Å²) in [5.74, 6) is -1.43. The molecule has 0 saturated heterocycles. The van der Waals surface area contributed by atoms with Crippen molar-refractivity contribution in [2.45, 2.75) is 6.42 Å². The van der Waals surface area contributed by atoms with Crippen LogP contribution in [0.15, 0.2) is 46.9 Å². The van der Waals surface area contributed by atoms with Gasteiger partial charge < -0.3 is 10.1 Å². The Balaban J connectivity index is 2.18. The maximum Gasteiger partial charge on any atom is 0.340 e. The third-order valence-electron chi connectivity index (χ3n) is 2.97. The highest BCUT2D eigenvalue weighted by Gasteiger charge is 2.15. The van der Waals surface area contributed by atoms with Crippen LogP contribution in [0.25, 0.3) is 0 Å². The van der Waals surface area contributed by atoms with E-state index in [4.69, 9.17) is 0 Å². The van der Waals surface area contributed by atoms with Crippen molar-refractivity contribution in [1.29, 1.82) is 0 Å². The standard InChI is InChI=1S/C16H13BrFNO3/c1-22-16(21)12-9-11(17)6-7-14(12)19-15(20)8-10-4-2-3-5-13(10)18/h2-7,9H,8H2,1H3,(H,19,20). The molecule has 0 aliphatic rings. The second kappa shape index (κ2) is 7.17. The highest BCUT2D eigenvalue weighted by atomic mass is 79.9. The van der Waals surface area contributed by atoms with Gasteiger partial charge in [-0.3, -0.25) is 4.79 Å². The summed E-state index contributed by atoms with van der Waals surface area (Å²) < 4.78 is 18.9. The van der Waals surface area contributed by atoms with Crippen molar-refractivity contribution < 1.29 is 18.7 Å². The van der Waals surface area contributed by atoms with Crippen molar-refractivity contribution in [3.05, 3.63) is 63.9 Å². The molecule has 0 spiro atoms. The van der Waals surface area contributed by atoms with Crippen molar-refractivity contribution in [3.8, 4) is 0 Å². The van der Waals surface area contributed by atoms with Gasteiger partial charge in [-0.2, -0.15) is 0 Å². The first-order valence-corrected chi connectivity index (χ1v) is 7.21. The van der Waals surface area contributed by atoms with Gasteiger partial charge in [-0.15, -0.1) is 0 Å². The molecule has 0 unspecified atom stereocenters. The number of ether oxygens (including phenoxy) is 1. The molecule has 0 fully saturated rings. The predicted octanol–water partition coefficient (Wildman–Crippen LogP) is 3.56. The van der Waals surface area contributed by atoms with Crippen LogP contribution in [0.1, 0.15) is 15.9 Å². The number of benzene rings is 2. The topological polar surface area (TPSA) is 55.4 Å². The first-order chi connectivity index (χ1) is 10.5. The number of esters is 1. The van der Waals surface area contributed by atoms with Gasteiger partial charge in [-0.05, 0) is 29.8 Å². The normalized spacial score (nSPS) is 10.1. The molecular weight excluding hydrogens is 353 g/mol. The number of hydrogen-bond donors (Lipinski definition) is 1. The molecule has 0 saturated carbocycles. The summed E-state index contributed by atoms with van der Waals surface area (Å²) in [4.78, 5) is 23.8. The molecule has 0 aromatic heterocycles. The van der Waals surface area contributed by atoms with E-state index < -0.39 is 17.7 Å². The van der Waals surface area contributed by atoms with Crippen molar-refractivity contribution >= 4 is 33.5 Å². The first-order valence-electron chi connectivity index (χ1n) is 6.42. The van der Waals surface area contributed by atoms with Gasteiger partial charge in [0.1, 0.15) is 5.82 Å². The Labute approximate surface area is 135 Å². The van der Waals surface area contributed by atoms with Crippen LogP contribution in [0.2, 0.25) is 0 Å². The van der Waals surface area contributed by atoms with Gasteiger partial charge in [0.25, 0.3) is 0 Å². The van der Waals surface area contributed by atoms with E-state index in [2.05, 4.69) is 26.0 Å². The Morgan fingerprint density at radius 1 is 1.23 bits per heavy atom. The van der Waals surface area contributed by atoms with E-state index in [-0.39, 0.29) is 17.5 Å². The Morgan fingerprint density at radius 3 is 2.64 bits per heavy atom. The maximum atomic E-state index is 13.5. The number of halogens is 2. The zero-order valence-corrected chi connectivity index (χ0v) is 13.3. The van der Waals surface area contributed by atoms with Crippen LogP contribution < -0.4 is 5.32 Å². The van der Waals surface area contributed by atoms with Crippen LogP contribution >= 0.6 is 15.9 Å². The minimum atomic E-state index is -0.567. The second-order valence-electron chi connectivity index (χ2n) is 4.50. The number of amides is 1. The largest absolute Gasteiger partial charge is 0.465 e. The third kappa shape index (κ3) is 3.92. The fourth-order valence-corrected chi connectivity index (χ4v) is 2.27. The fourth-order valence-electron chi connectivity index (χ4n) is 1.91. The third-order valence-corrected chi connectivity index (χ3v) is 3.46. The molecule has 0 atom stereocenters. The molecule has 4 nitrogen and oxygen atoms in total. The maximum absolute atomic E-state index is 13.5. The van der Waals surface area contributed by atoms with E-state index >= 15 is 0 Å². The highest BCUT2D eigenvalue weighted by molar-refractivity contribution is 9.10. The number of rotatable bonds is 4. The monoisotopic (exact) mass is 365 g/mol. The van der Waals surface area contributed by atoms with Gasteiger partial charge in [0.05, 0.1) is 24.8 Å². The lowest BCUT2D eigenvalue weighted by atomic mass is 10.1. The molecule has 0 bridgehead atoms. The summed E-state index contributed by atoms with van der Waals surface area (Å²) in [7, 11) is 1.26. The Hall–Kier alpha value is -2.21. The van der Waals surface area contributed by atoms with Gasteiger partial charge in [0, 0.05) is 4.47 Å². The zero-order valence-electron chi connectivity index (χ0n) is 11.7. The SMILES string of the molecule is COC(=O)c1cc(Br)ccc1NC(=O)Cc1ccccc1F. The van der Waals surface area contributed by atoms with E-state index in [0.29, 0.717) is 10.2 Å².